The first-order valence-electron chi connectivity index (χ1n) is 7.24. The number of halogens is 1. The Morgan fingerprint density at radius 1 is 1.22 bits per heavy atom. The van der Waals surface area contributed by atoms with Gasteiger partial charge in [-0.05, 0) is 41.9 Å². The predicted octanol–water partition coefficient (Wildman–Crippen LogP) is 4.19. The maximum Gasteiger partial charge on any atom is 0.216 e. The molecule has 0 aliphatic heterocycles. The number of aromatic amines is 1. The van der Waals surface area contributed by atoms with Crippen molar-refractivity contribution in [2.45, 2.75) is 13.3 Å². The summed E-state index contributed by atoms with van der Waals surface area (Å²) in [6, 6.07) is 14.5. The highest BCUT2D eigenvalue weighted by Crippen LogP contribution is 2.20. The maximum absolute atomic E-state index is 14.0. The zero-order chi connectivity index (χ0) is 16.2. The minimum Gasteiger partial charge on any atom is -0.250 e. The average Bonchev–Trinajstić information content (AvgIpc) is 2.94. The van der Waals surface area contributed by atoms with Crippen LogP contribution in [0, 0.1) is 10.6 Å². The number of nitrogens with one attached hydrogen (secondary N) is 1. The Labute approximate surface area is 138 Å². The van der Waals surface area contributed by atoms with Crippen LogP contribution < -0.4 is 0 Å². The zero-order valence-electron chi connectivity index (χ0n) is 12.5. The third-order valence-corrected chi connectivity index (χ3v) is 3.74. The van der Waals surface area contributed by atoms with E-state index >= 15 is 0 Å². The second kappa shape index (κ2) is 6.66. The van der Waals surface area contributed by atoms with E-state index < -0.39 is 0 Å². The quantitative estimate of drug-likeness (QED) is 0.577. The Morgan fingerprint density at radius 2 is 1.96 bits per heavy atom. The van der Waals surface area contributed by atoms with Crippen LogP contribution in [0.1, 0.15) is 18.1 Å². The first kappa shape index (κ1) is 15.3. The monoisotopic (exact) mass is 326 g/mol. The van der Waals surface area contributed by atoms with Crippen molar-refractivity contribution in [2.75, 3.05) is 0 Å². The third kappa shape index (κ3) is 3.27. The minimum absolute atomic E-state index is 0.310. The van der Waals surface area contributed by atoms with Crippen LogP contribution in [0.3, 0.4) is 0 Å². The summed E-state index contributed by atoms with van der Waals surface area (Å²) in [7, 11) is 0. The Balaban J connectivity index is 1.97. The van der Waals surface area contributed by atoms with E-state index in [2.05, 4.69) is 22.2 Å². The number of hydrogen-bond acceptors (Lipinski definition) is 3. The van der Waals surface area contributed by atoms with Gasteiger partial charge in [0.05, 0.1) is 11.8 Å². The smallest absolute Gasteiger partial charge is 0.216 e. The molecule has 0 aliphatic carbocycles. The van der Waals surface area contributed by atoms with Crippen molar-refractivity contribution < 1.29 is 4.39 Å². The summed E-state index contributed by atoms with van der Waals surface area (Å²) < 4.78 is 15.7. The Morgan fingerprint density at radius 3 is 2.65 bits per heavy atom. The number of aromatic nitrogens is 3. The molecular formula is C17H15FN4S. The highest BCUT2D eigenvalue weighted by Gasteiger charge is 2.12. The summed E-state index contributed by atoms with van der Waals surface area (Å²) >= 11 is 5.18. The molecule has 0 saturated carbocycles. The van der Waals surface area contributed by atoms with Crippen molar-refractivity contribution in [3.63, 3.8) is 0 Å². The van der Waals surface area contributed by atoms with Gasteiger partial charge < -0.3 is 0 Å². The average molecular weight is 326 g/mol. The Hall–Kier alpha value is -2.60. The van der Waals surface area contributed by atoms with Crippen molar-refractivity contribution in [3.05, 3.63) is 70.2 Å². The predicted molar refractivity (Wildman–Crippen MR) is 91.6 cm³/mol. The zero-order valence-corrected chi connectivity index (χ0v) is 13.3. The lowest BCUT2D eigenvalue weighted by molar-refractivity contribution is 0.628. The molecule has 0 bridgehead atoms. The number of aryl methyl sites for hydroxylation is 1. The molecule has 0 unspecified atom stereocenters. The second-order valence-corrected chi connectivity index (χ2v) is 5.37. The third-order valence-electron chi connectivity index (χ3n) is 3.48. The van der Waals surface area contributed by atoms with E-state index in [-0.39, 0.29) is 5.82 Å². The fraction of sp³-hybridized carbons (Fsp3) is 0.118. The van der Waals surface area contributed by atoms with E-state index in [1.807, 2.05) is 24.3 Å². The molecule has 3 rings (SSSR count). The summed E-state index contributed by atoms with van der Waals surface area (Å²) in [5.74, 6) is -0.0280. The van der Waals surface area contributed by atoms with E-state index in [0.29, 0.717) is 16.2 Å². The molecule has 4 nitrogen and oxygen atoms in total. The van der Waals surface area contributed by atoms with Crippen LogP contribution in [0.4, 0.5) is 4.39 Å². The van der Waals surface area contributed by atoms with E-state index in [1.54, 1.807) is 24.4 Å². The van der Waals surface area contributed by atoms with Gasteiger partial charge in [0.1, 0.15) is 5.82 Å². The normalized spacial score (nSPS) is 11.2. The fourth-order valence-electron chi connectivity index (χ4n) is 2.18. The molecular weight excluding hydrogens is 311 g/mol. The van der Waals surface area contributed by atoms with Gasteiger partial charge >= 0.3 is 0 Å². The minimum atomic E-state index is -0.370. The number of benzene rings is 2. The van der Waals surface area contributed by atoms with Crippen LogP contribution in [-0.2, 0) is 6.42 Å². The van der Waals surface area contributed by atoms with Gasteiger partial charge in [0.2, 0.25) is 4.77 Å². The van der Waals surface area contributed by atoms with Gasteiger partial charge in [0, 0.05) is 0 Å². The molecule has 1 N–H and O–H groups in total. The molecule has 1 aromatic heterocycles. The van der Waals surface area contributed by atoms with E-state index in [4.69, 9.17) is 12.2 Å². The molecule has 0 spiro atoms. The lowest BCUT2D eigenvalue weighted by atomic mass is 10.1. The molecule has 116 valence electrons. The summed E-state index contributed by atoms with van der Waals surface area (Å²) in [6.45, 7) is 2.11. The fourth-order valence-corrected chi connectivity index (χ4v) is 2.36. The SMILES string of the molecule is CCc1ccc(/C=N/n2c(-c3ccccc3F)n[nH]c2=S)cc1. The van der Waals surface area contributed by atoms with Gasteiger partial charge in [-0.3, -0.25) is 0 Å². The first-order valence-corrected chi connectivity index (χ1v) is 7.65. The van der Waals surface area contributed by atoms with Crippen molar-refractivity contribution in [1.82, 2.24) is 14.9 Å². The Kier molecular flexibility index (Phi) is 4.43. The number of hydrogen-bond donors (Lipinski definition) is 1. The van der Waals surface area contributed by atoms with E-state index in [0.717, 1.165) is 12.0 Å². The molecule has 3 aromatic rings. The molecule has 0 aliphatic rings. The van der Waals surface area contributed by atoms with Crippen LogP contribution in [0.5, 0.6) is 0 Å². The van der Waals surface area contributed by atoms with Gasteiger partial charge in [-0.1, -0.05) is 43.3 Å². The number of H-pyrrole nitrogens is 1. The highest BCUT2D eigenvalue weighted by atomic mass is 32.1. The second-order valence-electron chi connectivity index (χ2n) is 4.98. The van der Waals surface area contributed by atoms with Crippen LogP contribution in [-0.4, -0.2) is 21.1 Å². The Bertz CT molecular complexity index is 893. The lowest BCUT2D eigenvalue weighted by Crippen LogP contribution is -1.96. The van der Waals surface area contributed by atoms with Crippen LogP contribution in [0.25, 0.3) is 11.4 Å². The van der Waals surface area contributed by atoms with Gasteiger partial charge in [0.25, 0.3) is 0 Å². The summed E-state index contributed by atoms with van der Waals surface area (Å²) in [5.41, 5.74) is 2.54. The topological polar surface area (TPSA) is 46.0 Å². The molecule has 0 amide bonds. The number of rotatable bonds is 4. The van der Waals surface area contributed by atoms with Crippen molar-refractivity contribution in [2.24, 2.45) is 5.10 Å². The van der Waals surface area contributed by atoms with Gasteiger partial charge in [-0.25, -0.2) is 9.49 Å². The van der Waals surface area contributed by atoms with Crippen molar-refractivity contribution >= 4 is 18.4 Å². The van der Waals surface area contributed by atoms with Gasteiger partial charge in [-0.15, -0.1) is 0 Å². The van der Waals surface area contributed by atoms with Crippen LogP contribution in [0.15, 0.2) is 53.6 Å². The highest BCUT2D eigenvalue weighted by molar-refractivity contribution is 7.71. The van der Waals surface area contributed by atoms with Gasteiger partial charge in [0.15, 0.2) is 5.82 Å². The largest absolute Gasteiger partial charge is 0.250 e. The van der Waals surface area contributed by atoms with E-state index in [9.17, 15) is 4.39 Å². The number of nitrogens with zero attached hydrogens (tertiary/aromatic N) is 3. The standard InChI is InChI=1S/C17H15FN4S/c1-2-12-7-9-13(10-8-12)11-19-22-16(20-21-17(22)23)14-5-3-4-6-15(14)18/h3-11H,2H2,1H3,(H,21,23)/b19-11+. The molecule has 23 heavy (non-hydrogen) atoms. The molecule has 6 heteroatoms. The van der Waals surface area contributed by atoms with E-state index in [1.165, 1.54) is 16.3 Å². The summed E-state index contributed by atoms with van der Waals surface area (Å²) in [5, 5.41) is 11.1. The van der Waals surface area contributed by atoms with Gasteiger partial charge in [-0.2, -0.15) is 14.9 Å². The molecule has 0 fully saturated rings. The first-order chi connectivity index (χ1) is 11.2. The molecule has 2 aromatic carbocycles. The van der Waals surface area contributed by atoms with Crippen LogP contribution >= 0.6 is 12.2 Å². The lowest BCUT2D eigenvalue weighted by Gasteiger charge is -2.02. The summed E-state index contributed by atoms with van der Waals surface area (Å²) in [6.07, 6.45) is 2.66. The van der Waals surface area contributed by atoms with Crippen LogP contribution in [0.2, 0.25) is 0 Å². The van der Waals surface area contributed by atoms with Crippen molar-refractivity contribution in [3.8, 4) is 11.4 Å². The molecule has 1 heterocycles. The molecule has 0 saturated heterocycles. The summed E-state index contributed by atoms with van der Waals surface area (Å²) in [4.78, 5) is 0. The molecule has 0 atom stereocenters. The van der Waals surface area contributed by atoms with Crippen molar-refractivity contribution in [1.29, 1.82) is 0 Å². The molecule has 0 radical (unpaired) electrons. The maximum atomic E-state index is 14.0.